The molecular weight excluding hydrogens is 288 g/mol. The Balaban J connectivity index is 0.00000161. The van der Waals surface area contributed by atoms with Gasteiger partial charge in [0.25, 0.3) is 0 Å². The number of rotatable bonds is 3. The van der Waals surface area contributed by atoms with E-state index in [1.807, 2.05) is 12.1 Å². The number of nitrogens with one attached hydrogen (secondary N) is 2. The summed E-state index contributed by atoms with van der Waals surface area (Å²) < 4.78 is 5.35. The normalized spacial score (nSPS) is 27.6. The Morgan fingerprint density at radius 2 is 2.05 bits per heavy atom. The third-order valence-electron chi connectivity index (χ3n) is 4.46. The maximum atomic E-state index is 12.3. The first kappa shape index (κ1) is 16.3. The fraction of sp³-hybridized carbons (Fsp3) is 0.562. The lowest BCUT2D eigenvalue weighted by Crippen LogP contribution is -2.50. The van der Waals surface area contributed by atoms with E-state index in [-0.39, 0.29) is 30.4 Å². The fourth-order valence-corrected chi connectivity index (χ4v) is 3.23. The molecule has 1 fully saturated rings. The predicted molar refractivity (Wildman–Crippen MR) is 84.6 cm³/mol. The standard InChI is InChI=1S/C16H22N2O2.ClH/c1-20-14-7-6-13(9-14)18-16(19)15-8-11-4-2-3-5-12(11)10-17-15;/h2-5,13-15,17H,6-10H2,1H3,(H,18,19);1H. The van der Waals surface area contributed by atoms with Gasteiger partial charge >= 0.3 is 0 Å². The number of carbonyl (C=O) groups is 1. The summed E-state index contributed by atoms with van der Waals surface area (Å²) in [4.78, 5) is 12.3. The molecule has 3 rings (SSSR count). The second-order valence-corrected chi connectivity index (χ2v) is 5.78. The van der Waals surface area contributed by atoms with Gasteiger partial charge in [-0.2, -0.15) is 0 Å². The first-order valence-corrected chi connectivity index (χ1v) is 7.39. The number of amides is 1. The molecule has 1 amide bonds. The van der Waals surface area contributed by atoms with Crippen molar-refractivity contribution in [2.45, 2.75) is 50.4 Å². The summed E-state index contributed by atoms with van der Waals surface area (Å²) in [6.07, 6.45) is 4.09. The van der Waals surface area contributed by atoms with E-state index in [9.17, 15) is 4.79 Å². The van der Waals surface area contributed by atoms with Gasteiger partial charge in [-0.3, -0.25) is 4.79 Å². The van der Waals surface area contributed by atoms with Crippen LogP contribution in [0.2, 0.25) is 0 Å². The number of methoxy groups -OCH3 is 1. The van der Waals surface area contributed by atoms with Crippen LogP contribution in [0.1, 0.15) is 30.4 Å². The highest BCUT2D eigenvalue weighted by molar-refractivity contribution is 5.85. The number of ether oxygens (including phenoxy) is 1. The molecule has 5 heteroatoms. The van der Waals surface area contributed by atoms with E-state index in [1.165, 1.54) is 11.1 Å². The molecule has 4 nitrogen and oxygen atoms in total. The van der Waals surface area contributed by atoms with Gasteiger partial charge in [0.05, 0.1) is 12.1 Å². The van der Waals surface area contributed by atoms with Crippen LogP contribution in [0.3, 0.4) is 0 Å². The molecule has 1 aliphatic heterocycles. The topological polar surface area (TPSA) is 50.4 Å². The highest BCUT2D eigenvalue weighted by atomic mass is 35.5. The Morgan fingerprint density at radius 1 is 1.29 bits per heavy atom. The van der Waals surface area contributed by atoms with E-state index in [0.29, 0.717) is 6.10 Å². The quantitative estimate of drug-likeness (QED) is 0.895. The van der Waals surface area contributed by atoms with Gasteiger partial charge < -0.3 is 15.4 Å². The average Bonchev–Trinajstić information content (AvgIpc) is 2.94. The molecule has 0 spiro atoms. The number of carbonyl (C=O) groups excluding carboxylic acids is 1. The van der Waals surface area contributed by atoms with Crippen molar-refractivity contribution in [3.63, 3.8) is 0 Å². The van der Waals surface area contributed by atoms with Crippen LogP contribution >= 0.6 is 12.4 Å². The summed E-state index contributed by atoms with van der Waals surface area (Å²) in [6, 6.07) is 8.49. The Morgan fingerprint density at radius 3 is 2.76 bits per heavy atom. The van der Waals surface area contributed by atoms with Crippen molar-refractivity contribution in [3.05, 3.63) is 35.4 Å². The minimum atomic E-state index is -0.105. The molecule has 3 atom stereocenters. The van der Waals surface area contributed by atoms with Crippen molar-refractivity contribution < 1.29 is 9.53 Å². The molecule has 1 aromatic rings. The van der Waals surface area contributed by atoms with E-state index in [1.54, 1.807) is 7.11 Å². The van der Waals surface area contributed by atoms with Crippen LogP contribution in [-0.2, 0) is 22.5 Å². The molecule has 1 aliphatic carbocycles. The molecule has 116 valence electrons. The van der Waals surface area contributed by atoms with Gasteiger partial charge in [-0.1, -0.05) is 24.3 Å². The minimum Gasteiger partial charge on any atom is -0.381 e. The van der Waals surface area contributed by atoms with Gasteiger partial charge in [-0.25, -0.2) is 0 Å². The third kappa shape index (κ3) is 3.76. The smallest absolute Gasteiger partial charge is 0.237 e. The fourth-order valence-electron chi connectivity index (χ4n) is 3.23. The summed E-state index contributed by atoms with van der Waals surface area (Å²) in [5.41, 5.74) is 2.59. The van der Waals surface area contributed by atoms with Crippen LogP contribution in [0.25, 0.3) is 0 Å². The van der Waals surface area contributed by atoms with E-state index in [2.05, 4.69) is 22.8 Å². The third-order valence-corrected chi connectivity index (χ3v) is 4.46. The van der Waals surface area contributed by atoms with Crippen LogP contribution in [0.15, 0.2) is 24.3 Å². The first-order valence-electron chi connectivity index (χ1n) is 7.39. The molecule has 0 saturated heterocycles. The Kier molecular flexibility index (Phi) is 5.62. The molecule has 1 heterocycles. The zero-order valence-electron chi connectivity index (χ0n) is 12.3. The van der Waals surface area contributed by atoms with Crippen molar-refractivity contribution in [1.82, 2.24) is 10.6 Å². The zero-order chi connectivity index (χ0) is 13.9. The van der Waals surface area contributed by atoms with Crippen molar-refractivity contribution >= 4 is 18.3 Å². The van der Waals surface area contributed by atoms with E-state index in [0.717, 1.165) is 32.2 Å². The van der Waals surface area contributed by atoms with Crippen molar-refractivity contribution in [2.75, 3.05) is 7.11 Å². The lowest BCUT2D eigenvalue weighted by Gasteiger charge is -2.26. The van der Waals surface area contributed by atoms with E-state index < -0.39 is 0 Å². The number of hydrogen-bond donors (Lipinski definition) is 2. The van der Waals surface area contributed by atoms with Crippen LogP contribution in [-0.4, -0.2) is 31.2 Å². The molecule has 2 N–H and O–H groups in total. The van der Waals surface area contributed by atoms with Crippen LogP contribution < -0.4 is 10.6 Å². The summed E-state index contributed by atoms with van der Waals surface area (Å²) in [5.74, 6) is 0.126. The Bertz CT molecular complexity index is 495. The monoisotopic (exact) mass is 310 g/mol. The molecule has 3 unspecified atom stereocenters. The largest absolute Gasteiger partial charge is 0.381 e. The molecule has 1 saturated carbocycles. The molecule has 1 aromatic carbocycles. The van der Waals surface area contributed by atoms with Crippen LogP contribution in [0.4, 0.5) is 0 Å². The molecule has 0 bridgehead atoms. The van der Waals surface area contributed by atoms with Gasteiger partial charge in [0.2, 0.25) is 5.91 Å². The SMILES string of the molecule is COC1CCC(NC(=O)C2Cc3ccccc3CN2)C1.Cl. The summed E-state index contributed by atoms with van der Waals surface area (Å²) in [5, 5.41) is 6.49. The highest BCUT2D eigenvalue weighted by Gasteiger charge is 2.29. The van der Waals surface area contributed by atoms with Gasteiger partial charge in [-0.15, -0.1) is 12.4 Å². The maximum Gasteiger partial charge on any atom is 0.237 e. The minimum absolute atomic E-state index is 0. The second kappa shape index (κ2) is 7.25. The summed E-state index contributed by atoms with van der Waals surface area (Å²) >= 11 is 0. The van der Waals surface area contributed by atoms with Gasteiger partial charge in [0.15, 0.2) is 0 Å². The number of benzene rings is 1. The van der Waals surface area contributed by atoms with Gasteiger partial charge in [0.1, 0.15) is 0 Å². The summed E-state index contributed by atoms with van der Waals surface area (Å²) in [6.45, 7) is 0.777. The predicted octanol–water partition coefficient (Wildman–Crippen LogP) is 1.81. The van der Waals surface area contributed by atoms with E-state index >= 15 is 0 Å². The number of hydrogen-bond acceptors (Lipinski definition) is 3. The highest BCUT2D eigenvalue weighted by Crippen LogP contribution is 2.22. The number of halogens is 1. The van der Waals surface area contributed by atoms with Crippen molar-refractivity contribution in [1.29, 1.82) is 0 Å². The van der Waals surface area contributed by atoms with Crippen molar-refractivity contribution in [3.8, 4) is 0 Å². The van der Waals surface area contributed by atoms with Crippen LogP contribution in [0, 0.1) is 0 Å². The molecule has 21 heavy (non-hydrogen) atoms. The molecule has 0 radical (unpaired) electrons. The summed E-state index contributed by atoms with van der Waals surface area (Å²) in [7, 11) is 1.74. The molecule has 0 aromatic heterocycles. The first-order chi connectivity index (χ1) is 9.76. The van der Waals surface area contributed by atoms with Crippen molar-refractivity contribution in [2.24, 2.45) is 0 Å². The maximum absolute atomic E-state index is 12.3. The molecular formula is C16H23ClN2O2. The Hall–Kier alpha value is -1.10. The second-order valence-electron chi connectivity index (χ2n) is 5.78. The lowest BCUT2D eigenvalue weighted by atomic mass is 9.95. The number of fused-ring (bicyclic) bond motifs is 1. The zero-order valence-corrected chi connectivity index (χ0v) is 13.1. The lowest BCUT2D eigenvalue weighted by molar-refractivity contribution is -0.124. The van der Waals surface area contributed by atoms with Gasteiger partial charge in [0, 0.05) is 19.7 Å². The van der Waals surface area contributed by atoms with Crippen LogP contribution in [0.5, 0.6) is 0 Å². The average molecular weight is 311 g/mol. The molecule has 2 aliphatic rings. The Labute approximate surface area is 132 Å². The van der Waals surface area contributed by atoms with Gasteiger partial charge in [-0.05, 0) is 36.8 Å². The van der Waals surface area contributed by atoms with E-state index in [4.69, 9.17) is 4.74 Å².